The third kappa shape index (κ3) is 2.25. The van der Waals surface area contributed by atoms with Gasteiger partial charge in [0.1, 0.15) is 0 Å². The van der Waals surface area contributed by atoms with E-state index in [0.29, 0.717) is 0 Å². The van der Waals surface area contributed by atoms with Crippen LogP contribution in [0.4, 0.5) is 0 Å². The molecule has 1 heteroatoms. The molecule has 0 bridgehead atoms. The van der Waals surface area contributed by atoms with Crippen molar-refractivity contribution in [1.82, 2.24) is 4.90 Å². The summed E-state index contributed by atoms with van der Waals surface area (Å²) >= 11 is 0. The van der Waals surface area contributed by atoms with E-state index in [2.05, 4.69) is 11.9 Å². The van der Waals surface area contributed by atoms with Crippen LogP contribution in [-0.2, 0) is 0 Å². The molecule has 0 radical (unpaired) electrons. The third-order valence-corrected chi connectivity index (χ3v) is 4.02. The van der Waals surface area contributed by atoms with Gasteiger partial charge in [0.25, 0.3) is 0 Å². The third-order valence-electron chi connectivity index (χ3n) is 4.02. The van der Waals surface area contributed by atoms with Crippen LogP contribution in [0.3, 0.4) is 0 Å². The van der Waals surface area contributed by atoms with Gasteiger partial charge in [-0.25, -0.2) is 0 Å². The lowest BCUT2D eigenvalue weighted by Crippen LogP contribution is -2.35. The van der Waals surface area contributed by atoms with Crippen LogP contribution in [0.5, 0.6) is 0 Å². The fourth-order valence-corrected chi connectivity index (χ4v) is 3.32. The van der Waals surface area contributed by atoms with Gasteiger partial charge >= 0.3 is 0 Å². The maximum atomic E-state index is 2.57. The summed E-state index contributed by atoms with van der Waals surface area (Å²) in [5.41, 5.74) is 0.740. The van der Waals surface area contributed by atoms with Crippen molar-refractivity contribution in [1.29, 1.82) is 0 Å². The molecule has 0 atom stereocenters. The fraction of sp³-hybridized carbons (Fsp3) is 1.00. The molecule has 0 aromatic heterocycles. The van der Waals surface area contributed by atoms with E-state index in [1.807, 2.05) is 0 Å². The topological polar surface area (TPSA) is 3.24 Å². The molecule has 2 rings (SSSR count). The standard InChI is InChI=1S/C12H23N/c1-13-10-6-5-9-12(11-13)7-3-2-4-8-12/h2-11H2,1H3. The van der Waals surface area contributed by atoms with Gasteiger partial charge in [0.15, 0.2) is 0 Å². The highest BCUT2D eigenvalue weighted by Gasteiger charge is 2.33. The lowest BCUT2D eigenvalue weighted by molar-refractivity contribution is 0.128. The highest BCUT2D eigenvalue weighted by molar-refractivity contribution is 4.87. The Labute approximate surface area is 82.5 Å². The second-order valence-corrected chi connectivity index (χ2v) is 5.26. The molecule has 2 aliphatic rings. The Balaban J connectivity index is 2.00. The van der Waals surface area contributed by atoms with E-state index in [1.165, 1.54) is 64.5 Å². The number of rotatable bonds is 0. The maximum absolute atomic E-state index is 2.57. The van der Waals surface area contributed by atoms with Gasteiger partial charge in [-0.15, -0.1) is 0 Å². The number of likely N-dealkylation sites (tertiary alicyclic amines) is 1. The molecule has 1 aliphatic heterocycles. The van der Waals surface area contributed by atoms with Crippen LogP contribution in [0.15, 0.2) is 0 Å². The van der Waals surface area contributed by atoms with Crippen molar-refractivity contribution in [3.8, 4) is 0 Å². The molecule has 0 amide bonds. The van der Waals surface area contributed by atoms with Crippen LogP contribution in [-0.4, -0.2) is 25.0 Å². The summed E-state index contributed by atoms with van der Waals surface area (Å²) in [6, 6.07) is 0. The average Bonchev–Trinajstić information content (AvgIpc) is 2.29. The van der Waals surface area contributed by atoms with Gasteiger partial charge in [0, 0.05) is 6.54 Å². The Morgan fingerprint density at radius 2 is 1.46 bits per heavy atom. The Morgan fingerprint density at radius 1 is 0.846 bits per heavy atom. The molecule has 1 heterocycles. The highest BCUT2D eigenvalue weighted by atomic mass is 15.1. The van der Waals surface area contributed by atoms with E-state index in [1.54, 1.807) is 0 Å². The fourth-order valence-electron chi connectivity index (χ4n) is 3.32. The first kappa shape index (κ1) is 9.51. The van der Waals surface area contributed by atoms with Gasteiger partial charge in [-0.05, 0) is 44.7 Å². The van der Waals surface area contributed by atoms with Crippen molar-refractivity contribution in [2.24, 2.45) is 5.41 Å². The smallest absolute Gasteiger partial charge is 0.00349 e. The summed E-state index contributed by atoms with van der Waals surface area (Å²) in [7, 11) is 2.31. The van der Waals surface area contributed by atoms with Crippen LogP contribution in [0.2, 0.25) is 0 Å². The van der Waals surface area contributed by atoms with E-state index >= 15 is 0 Å². The molecule has 1 saturated heterocycles. The summed E-state index contributed by atoms with van der Waals surface area (Å²) in [6.45, 7) is 2.72. The van der Waals surface area contributed by atoms with Crippen molar-refractivity contribution in [3.05, 3.63) is 0 Å². The van der Waals surface area contributed by atoms with E-state index in [4.69, 9.17) is 0 Å². The molecular formula is C12H23N. The van der Waals surface area contributed by atoms with E-state index in [0.717, 1.165) is 5.41 Å². The van der Waals surface area contributed by atoms with Gasteiger partial charge in [-0.1, -0.05) is 25.7 Å². The molecule has 1 saturated carbocycles. The maximum Gasteiger partial charge on any atom is 0.00349 e. The minimum Gasteiger partial charge on any atom is -0.306 e. The first-order valence-corrected chi connectivity index (χ1v) is 5.99. The van der Waals surface area contributed by atoms with Crippen LogP contribution in [0.25, 0.3) is 0 Å². The number of hydrogen-bond donors (Lipinski definition) is 0. The Morgan fingerprint density at radius 3 is 2.15 bits per heavy atom. The molecule has 0 aromatic rings. The largest absolute Gasteiger partial charge is 0.306 e. The summed E-state index contributed by atoms with van der Waals surface area (Å²) < 4.78 is 0. The molecule has 0 N–H and O–H groups in total. The zero-order chi connectivity index (χ0) is 9.15. The lowest BCUT2D eigenvalue weighted by atomic mass is 9.71. The molecular weight excluding hydrogens is 158 g/mol. The molecule has 1 spiro atoms. The normalized spacial score (nSPS) is 30.2. The molecule has 2 fully saturated rings. The Hall–Kier alpha value is -0.0400. The zero-order valence-corrected chi connectivity index (χ0v) is 9.02. The van der Waals surface area contributed by atoms with E-state index < -0.39 is 0 Å². The van der Waals surface area contributed by atoms with Crippen molar-refractivity contribution in [3.63, 3.8) is 0 Å². The Kier molecular flexibility index (Phi) is 2.92. The SMILES string of the molecule is CN1CCCCC2(CCCCC2)C1. The van der Waals surface area contributed by atoms with Crippen LogP contribution < -0.4 is 0 Å². The summed E-state index contributed by atoms with van der Waals surface area (Å²) in [6.07, 6.45) is 11.9. The lowest BCUT2D eigenvalue weighted by Gasteiger charge is -2.38. The van der Waals surface area contributed by atoms with E-state index in [-0.39, 0.29) is 0 Å². The van der Waals surface area contributed by atoms with Crippen LogP contribution in [0, 0.1) is 5.41 Å². The minimum absolute atomic E-state index is 0.740. The second kappa shape index (κ2) is 4.00. The first-order valence-electron chi connectivity index (χ1n) is 5.99. The second-order valence-electron chi connectivity index (χ2n) is 5.26. The predicted molar refractivity (Wildman–Crippen MR) is 56.9 cm³/mol. The molecule has 1 nitrogen and oxygen atoms in total. The quantitative estimate of drug-likeness (QED) is 0.555. The van der Waals surface area contributed by atoms with Crippen molar-refractivity contribution in [2.45, 2.75) is 51.4 Å². The molecule has 0 unspecified atom stereocenters. The van der Waals surface area contributed by atoms with Gasteiger partial charge in [-0.3, -0.25) is 0 Å². The monoisotopic (exact) mass is 181 g/mol. The van der Waals surface area contributed by atoms with Crippen LogP contribution in [0.1, 0.15) is 51.4 Å². The minimum atomic E-state index is 0.740. The van der Waals surface area contributed by atoms with Gasteiger partial charge in [0.05, 0.1) is 0 Å². The number of nitrogens with zero attached hydrogens (tertiary/aromatic N) is 1. The van der Waals surface area contributed by atoms with Crippen LogP contribution >= 0.6 is 0 Å². The molecule has 0 aromatic carbocycles. The van der Waals surface area contributed by atoms with Crippen molar-refractivity contribution >= 4 is 0 Å². The van der Waals surface area contributed by atoms with Gasteiger partial charge in [0.2, 0.25) is 0 Å². The highest BCUT2D eigenvalue weighted by Crippen LogP contribution is 2.42. The Bertz CT molecular complexity index is 159. The number of hydrogen-bond acceptors (Lipinski definition) is 1. The summed E-state index contributed by atoms with van der Waals surface area (Å²) in [5.74, 6) is 0. The molecule has 13 heavy (non-hydrogen) atoms. The summed E-state index contributed by atoms with van der Waals surface area (Å²) in [5, 5.41) is 0. The predicted octanol–water partition coefficient (Wildman–Crippen LogP) is 3.05. The molecule has 76 valence electrons. The van der Waals surface area contributed by atoms with Gasteiger partial charge < -0.3 is 4.90 Å². The molecule has 1 aliphatic carbocycles. The first-order chi connectivity index (χ1) is 6.31. The van der Waals surface area contributed by atoms with Gasteiger partial charge in [-0.2, -0.15) is 0 Å². The van der Waals surface area contributed by atoms with E-state index in [9.17, 15) is 0 Å². The zero-order valence-electron chi connectivity index (χ0n) is 9.02. The van der Waals surface area contributed by atoms with Crippen molar-refractivity contribution < 1.29 is 0 Å². The average molecular weight is 181 g/mol. The van der Waals surface area contributed by atoms with Crippen molar-refractivity contribution in [2.75, 3.05) is 20.1 Å². The summed E-state index contributed by atoms with van der Waals surface area (Å²) in [4.78, 5) is 2.57.